The number of ether oxygens (including phenoxy) is 2. The highest BCUT2D eigenvalue weighted by atomic mass is 16.5. The third-order valence-electron chi connectivity index (χ3n) is 4.69. The maximum atomic E-state index is 12.1. The van der Waals surface area contributed by atoms with Crippen LogP contribution in [0.2, 0.25) is 0 Å². The van der Waals surface area contributed by atoms with Crippen molar-refractivity contribution in [2.45, 2.75) is 39.7 Å². The van der Waals surface area contributed by atoms with E-state index >= 15 is 0 Å². The number of nitrogens with zero attached hydrogens (tertiary/aromatic N) is 2. The molecule has 1 aromatic heterocycles. The van der Waals surface area contributed by atoms with Gasteiger partial charge in [-0.1, -0.05) is 5.16 Å². The summed E-state index contributed by atoms with van der Waals surface area (Å²) in [5.74, 6) is 0.696. The number of esters is 1. The number of likely N-dealkylation sites (tertiary alicyclic amines) is 1. The molecule has 1 aliphatic heterocycles. The molecule has 0 saturated carbocycles. The average Bonchev–Trinajstić information content (AvgIpc) is 3.03. The minimum Gasteiger partial charge on any atom is -0.489 e. The van der Waals surface area contributed by atoms with Gasteiger partial charge in [0.05, 0.1) is 16.8 Å². The Morgan fingerprint density at radius 1 is 1.11 bits per heavy atom. The number of piperidine rings is 1. The highest BCUT2D eigenvalue weighted by molar-refractivity contribution is 5.91. The van der Waals surface area contributed by atoms with Crippen LogP contribution in [-0.2, 0) is 16.1 Å². The molecule has 0 spiro atoms. The number of hydrogen-bond acceptors (Lipinski definition) is 6. The van der Waals surface area contributed by atoms with Gasteiger partial charge in [-0.05, 0) is 57.4 Å². The molecule has 27 heavy (non-hydrogen) atoms. The Balaban J connectivity index is 1.49. The molecule has 2 heterocycles. The van der Waals surface area contributed by atoms with Gasteiger partial charge in [0.1, 0.15) is 18.1 Å². The molecular formula is C20H24N2O5. The van der Waals surface area contributed by atoms with Crippen molar-refractivity contribution in [1.82, 2.24) is 10.1 Å². The molecule has 2 aromatic rings. The summed E-state index contributed by atoms with van der Waals surface area (Å²) in [6.45, 7) is 5.31. The van der Waals surface area contributed by atoms with Crippen molar-refractivity contribution in [1.29, 1.82) is 0 Å². The molecule has 0 atom stereocenters. The first kappa shape index (κ1) is 18.9. The Hall–Kier alpha value is -2.83. The lowest BCUT2D eigenvalue weighted by Gasteiger charge is -2.26. The lowest BCUT2D eigenvalue weighted by molar-refractivity contribution is -0.135. The molecule has 0 N–H and O–H groups in total. The standard InChI is InChI=1S/C20H24N2O5/c1-14-18(15(2)27-21-14)12-25-17-8-6-16(7-9-17)20(24)26-13-19(23)22-10-4-3-5-11-22/h6-9H,3-5,10-13H2,1-2H3. The number of amides is 1. The number of hydrogen-bond donors (Lipinski definition) is 0. The van der Waals surface area contributed by atoms with E-state index in [1.165, 1.54) is 0 Å². The fraction of sp³-hybridized carbons (Fsp3) is 0.450. The van der Waals surface area contributed by atoms with Gasteiger partial charge in [-0.2, -0.15) is 0 Å². The van der Waals surface area contributed by atoms with Gasteiger partial charge in [0.25, 0.3) is 5.91 Å². The van der Waals surface area contributed by atoms with Crippen molar-refractivity contribution < 1.29 is 23.6 Å². The normalized spacial score (nSPS) is 14.1. The van der Waals surface area contributed by atoms with Crippen LogP contribution in [0.3, 0.4) is 0 Å². The van der Waals surface area contributed by atoms with Crippen molar-refractivity contribution in [3.05, 3.63) is 46.8 Å². The molecule has 1 aliphatic rings. The Labute approximate surface area is 158 Å². The van der Waals surface area contributed by atoms with Gasteiger partial charge in [-0.3, -0.25) is 4.79 Å². The third-order valence-corrected chi connectivity index (χ3v) is 4.69. The Kier molecular flexibility index (Phi) is 6.11. The molecule has 0 bridgehead atoms. The van der Waals surface area contributed by atoms with Crippen LogP contribution in [0.1, 0.15) is 46.6 Å². The number of carbonyl (C=O) groups is 2. The molecule has 144 valence electrons. The summed E-state index contributed by atoms with van der Waals surface area (Å²) in [5.41, 5.74) is 2.09. The molecule has 7 heteroatoms. The molecular weight excluding hydrogens is 348 g/mol. The van der Waals surface area contributed by atoms with E-state index in [1.807, 2.05) is 13.8 Å². The van der Waals surface area contributed by atoms with Crippen LogP contribution in [0, 0.1) is 13.8 Å². The predicted octanol–water partition coefficient (Wildman–Crippen LogP) is 3.04. The zero-order valence-electron chi connectivity index (χ0n) is 15.7. The van der Waals surface area contributed by atoms with E-state index in [4.69, 9.17) is 14.0 Å². The molecule has 0 radical (unpaired) electrons. The fourth-order valence-corrected chi connectivity index (χ4v) is 3.00. The van der Waals surface area contributed by atoms with E-state index < -0.39 is 5.97 Å². The molecule has 1 amide bonds. The average molecular weight is 372 g/mol. The summed E-state index contributed by atoms with van der Waals surface area (Å²) < 4.78 is 16.0. The predicted molar refractivity (Wildman–Crippen MR) is 97.5 cm³/mol. The number of aryl methyl sites for hydroxylation is 2. The van der Waals surface area contributed by atoms with Gasteiger partial charge in [-0.15, -0.1) is 0 Å². The second-order valence-corrected chi connectivity index (χ2v) is 6.63. The van der Waals surface area contributed by atoms with Crippen molar-refractivity contribution in [2.24, 2.45) is 0 Å². The van der Waals surface area contributed by atoms with Gasteiger partial charge in [-0.25, -0.2) is 4.79 Å². The third kappa shape index (κ3) is 4.87. The number of benzene rings is 1. The monoisotopic (exact) mass is 372 g/mol. The second-order valence-electron chi connectivity index (χ2n) is 6.63. The van der Waals surface area contributed by atoms with E-state index in [1.54, 1.807) is 29.2 Å². The van der Waals surface area contributed by atoms with Crippen LogP contribution in [0.4, 0.5) is 0 Å². The molecule has 1 aromatic carbocycles. The van der Waals surface area contributed by atoms with E-state index in [2.05, 4.69) is 5.16 Å². The van der Waals surface area contributed by atoms with E-state index in [0.717, 1.165) is 49.4 Å². The van der Waals surface area contributed by atoms with Crippen LogP contribution in [-0.4, -0.2) is 41.6 Å². The largest absolute Gasteiger partial charge is 0.489 e. The first-order valence-corrected chi connectivity index (χ1v) is 9.14. The summed E-state index contributed by atoms with van der Waals surface area (Å²) in [6, 6.07) is 6.63. The molecule has 7 nitrogen and oxygen atoms in total. The quantitative estimate of drug-likeness (QED) is 0.725. The van der Waals surface area contributed by atoms with Crippen molar-refractivity contribution in [2.75, 3.05) is 19.7 Å². The molecule has 1 saturated heterocycles. The van der Waals surface area contributed by atoms with Crippen LogP contribution >= 0.6 is 0 Å². The number of carbonyl (C=O) groups excluding carboxylic acids is 2. The van der Waals surface area contributed by atoms with E-state index in [0.29, 0.717) is 17.9 Å². The van der Waals surface area contributed by atoms with E-state index in [9.17, 15) is 9.59 Å². The minimum atomic E-state index is -0.516. The van der Waals surface area contributed by atoms with Gasteiger partial charge in [0, 0.05) is 13.1 Å². The second kappa shape index (κ2) is 8.70. The maximum Gasteiger partial charge on any atom is 0.338 e. The van der Waals surface area contributed by atoms with Crippen molar-refractivity contribution in [3.8, 4) is 5.75 Å². The molecule has 3 rings (SSSR count). The maximum absolute atomic E-state index is 12.1. The number of aromatic nitrogens is 1. The Bertz CT molecular complexity index is 772. The highest BCUT2D eigenvalue weighted by Crippen LogP contribution is 2.18. The van der Waals surface area contributed by atoms with Gasteiger partial charge in [0.15, 0.2) is 6.61 Å². The summed E-state index contributed by atoms with van der Waals surface area (Å²) in [4.78, 5) is 25.9. The lowest BCUT2D eigenvalue weighted by atomic mass is 10.1. The molecule has 0 aliphatic carbocycles. The Morgan fingerprint density at radius 2 is 1.81 bits per heavy atom. The summed E-state index contributed by atoms with van der Waals surface area (Å²) in [6.07, 6.45) is 3.17. The van der Waals surface area contributed by atoms with Crippen molar-refractivity contribution >= 4 is 11.9 Å². The van der Waals surface area contributed by atoms with Crippen LogP contribution in [0.5, 0.6) is 5.75 Å². The smallest absolute Gasteiger partial charge is 0.338 e. The summed E-state index contributed by atoms with van der Waals surface area (Å²) in [7, 11) is 0. The summed E-state index contributed by atoms with van der Waals surface area (Å²) >= 11 is 0. The van der Waals surface area contributed by atoms with Gasteiger partial charge in [0.2, 0.25) is 0 Å². The SMILES string of the molecule is Cc1noc(C)c1COc1ccc(C(=O)OCC(=O)N2CCCCC2)cc1. The van der Waals surface area contributed by atoms with Crippen molar-refractivity contribution in [3.63, 3.8) is 0 Å². The summed E-state index contributed by atoms with van der Waals surface area (Å²) in [5, 5.41) is 3.89. The topological polar surface area (TPSA) is 81.9 Å². The Morgan fingerprint density at radius 3 is 2.44 bits per heavy atom. The van der Waals surface area contributed by atoms with E-state index in [-0.39, 0.29) is 12.5 Å². The lowest BCUT2D eigenvalue weighted by Crippen LogP contribution is -2.38. The zero-order valence-corrected chi connectivity index (χ0v) is 15.7. The first-order valence-electron chi connectivity index (χ1n) is 9.14. The van der Waals surface area contributed by atoms with Crippen LogP contribution in [0.25, 0.3) is 0 Å². The van der Waals surface area contributed by atoms with Gasteiger partial charge >= 0.3 is 5.97 Å². The molecule has 1 fully saturated rings. The fourth-order valence-electron chi connectivity index (χ4n) is 3.00. The number of rotatable bonds is 6. The minimum absolute atomic E-state index is 0.137. The van der Waals surface area contributed by atoms with Gasteiger partial charge < -0.3 is 18.9 Å². The van der Waals surface area contributed by atoms with Crippen LogP contribution < -0.4 is 4.74 Å². The van der Waals surface area contributed by atoms with Crippen LogP contribution in [0.15, 0.2) is 28.8 Å². The first-order chi connectivity index (χ1) is 13.0. The highest BCUT2D eigenvalue weighted by Gasteiger charge is 2.18. The zero-order chi connectivity index (χ0) is 19.2. The molecule has 0 unspecified atom stereocenters.